The van der Waals surface area contributed by atoms with E-state index in [1.165, 1.54) is 59.2 Å². The van der Waals surface area contributed by atoms with Crippen LogP contribution in [-0.2, 0) is 0 Å². The number of anilines is 1. The van der Waals surface area contributed by atoms with E-state index >= 15 is 4.39 Å². The summed E-state index contributed by atoms with van der Waals surface area (Å²) in [4.78, 5) is 23.1. The number of nitrogens with zero attached hydrogens (tertiary/aromatic N) is 5. The number of nitrogens with one attached hydrogen (secondary N) is 1. The molecule has 1 saturated heterocycles. The highest BCUT2D eigenvalue weighted by atomic mass is 32.2. The molecule has 1 fully saturated rings. The van der Waals surface area contributed by atoms with Gasteiger partial charge < -0.3 is 15.0 Å². The molecule has 3 atom stereocenters. The number of aromatic nitrogens is 3. The lowest BCUT2D eigenvalue weighted by molar-refractivity contribution is -0.274. The highest BCUT2D eigenvalue weighted by Crippen LogP contribution is 2.35. The number of hydrogen-bond acceptors (Lipinski definition) is 5. The van der Waals surface area contributed by atoms with E-state index in [9.17, 15) is 22.4 Å². The van der Waals surface area contributed by atoms with E-state index in [2.05, 4.69) is 33.7 Å². The van der Waals surface area contributed by atoms with Crippen LogP contribution >= 0.6 is 11.8 Å². The predicted molar refractivity (Wildman–Crippen MR) is 168 cm³/mol. The third-order valence-corrected chi connectivity index (χ3v) is 8.25. The van der Waals surface area contributed by atoms with Gasteiger partial charge >= 0.3 is 12.4 Å². The van der Waals surface area contributed by atoms with E-state index in [0.29, 0.717) is 16.4 Å². The Balaban J connectivity index is 1.24. The first kappa shape index (κ1) is 32.9. The van der Waals surface area contributed by atoms with Crippen molar-refractivity contribution in [2.75, 3.05) is 10.7 Å². The lowest BCUT2D eigenvalue weighted by atomic mass is 9.99. The van der Waals surface area contributed by atoms with Gasteiger partial charge in [0.05, 0.1) is 5.69 Å². The Morgan fingerprint density at radius 1 is 1.04 bits per heavy atom. The van der Waals surface area contributed by atoms with Crippen molar-refractivity contribution in [2.45, 2.75) is 58.0 Å². The average molecular weight is 659 g/mol. The molecule has 0 bridgehead atoms. The number of carbonyl (C=O) groups is 1. The number of para-hydroxylation sites is 1. The number of thioether (sulfide) groups is 1. The topological polar surface area (TPSA) is 84.6 Å². The number of ether oxygens (including phenoxy) is 1. The van der Waals surface area contributed by atoms with Gasteiger partial charge in [-0.3, -0.25) is 0 Å². The Bertz CT molecular complexity index is 1680. The number of rotatable bonds is 8. The second kappa shape index (κ2) is 13.9. The summed E-state index contributed by atoms with van der Waals surface area (Å²) in [6.45, 7) is 6.20. The molecule has 242 valence electrons. The standard InChI is InChI=1S/C32H31F5N6O2S/c1-19(2)25-6-4-5-7-26(25)43-20(3)16-17-46-31(43)40-30(44)39-28(34)27(33)21-8-10-22(11-9-21)29-38-18-42(41-29)23-12-14-24(15-13-23)45-32(35,36)37/h4-15,18-20,27-28H,16-17H2,1-3H3,(H,39,44). The molecule has 1 aromatic heterocycles. The van der Waals surface area contributed by atoms with Crippen LogP contribution in [0.4, 0.5) is 32.4 Å². The highest BCUT2D eigenvalue weighted by Gasteiger charge is 2.31. The van der Waals surface area contributed by atoms with Crippen molar-refractivity contribution in [3.8, 4) is 22.8 Å². The van der Waals surface area contributed by atoms with Crippen LogP contribution in [-0.4, -0.2) is 50.4 Å². The summed E-state index contributed by atoms with van der Waals surface area (Å²) in [5.41, 5.74) is 2.93. The monoisotopic (exact) mass is 658 g/mol. The first-order valence-electron chi connectivity index (χ1n) is 14.5. The molecule has 0 spiro atoms. The van der Waals surface area contributed by atoms with Crippen LogP contribution in [0.5, 0.6) is 5.75 Å². The van der Waals surface area contributed by atoms with Crippen molar-refractivity contribution < 1.29 is 31.5 Å². The fourth-order valence-electron chi connectivity index (χ4n) is 4.95. The lowest BCUT2D eigenvalue weighted by Gasteiger charge is -2.37. The normalized spacial score (nSPS) is 17.6. The number of urea groups is 1. The van der Waals surface area contributed by atoms with Gasteiger partial charge in [0.1, 0.15) is 12.1 Å². The second-order valence-corrected chi connectivity index (χ2v) is 12.0. The fraction of sp³-hybridized carbons (Fsp3) is 0.312. The summed E-state index contributed by atoms with van der Waals surface area (Å²) < 4.78 is 72.6. The quantitative estimate of drug-likeness (QED) is 0.151. The van der Waals surface area contributed by atoms with Gasteiger partial charge in [0.25, 0.3) is 0 Å². The fourth-order valence-corrected chi connectivity index (χ4v) is 6.15. The van der Waals surface area contributed by atoms with Crippen molar-refractivity contribution in [1.82, 2.24) is 20.1 Å². The molecule has 46 heavy (non-hydrogen) atoms. The molecule has 4 aromatic rings. The van der Waals surface area contributed by atoms with Crippen molar-refractivity contribution in [3.63, 3.8) is 0 Å². The summed E-state index contributed by atoms with van der Waals surface area (Å²) in [7, 11) is 0. The van der Waals surface area contributed by atoms with Crippen molar-refractivity contribution in [3.05, 3.63) is 90.3 Å². The SMILES string of the molecule is CC(C)c1ccccc1N1C(=NC(=O)NC(F)C(F)c2ccc(-c3ncn(-c4ccc(OC(F)(F)F)cc4)n3)cc2)SCCC1C. The van der Waals surface area contributed by atoms with Crippen LogP contribution in [0.15, 0.2) is 84.1 Å². The Kier molecular flexibility index (Phi) is 9.94. The van der Waals surface area contributed by atoms with Gasteiger partial charge in [-0.2, -0.15) is 4.99 Å². The maximum Gasteiger partial charge on any atom is 0.573 e. The Hall–Kier alpha value is -4.46. The number of aliphatic imine (C=N–C) groups is 1. The van der Waals surface area contributed by atoms with Crippen LogP contribution in [0.1, 0.15) is 50.4 Å². The molecule has 8 nitrogen and oxygen atoms in total. The largest absolute Gasteiger partial charge is 0.573 e. The van der Waals surface area contributed by atoms with Crippen molar-refractivity contribution >= 4 is 28.6 Å². The molecule has 14 heteroatoms. The molecule has 0 aliphatic carbocycles. The minimum atomic E-state index is -4.80. The summed E-state index contributed by atoms with van der Waals surface area (Å²) >= 11 is 1.39. The molecule has 1 aliphatic rings. The third-order valence-electron chi connectivity index (χ3n) is 7.26. The van der Waals surface area contributed by atoms with Crippen LogP contribution in [0, 0.1) is 0 Å². The number of benzene rings is 3. The molecule has 2 amide bonds. The zero-order valence-corrected chi connectivity index (χ0v) is 25.9. The molecular weight excluding hydrogens is 627 g/mol. The maximum atomic E-state index is 15.1. The second-order valence-electron chi connectivity index (χ2n) is 10.9. The number of hydrogen-bond donors (Lipinski definition) is 1. The molecule has 3 unspecified atom stereocenters. The van der Waals surface area contributed by atoms with Gasteiger partial charge in [-0.15, -0.1) is 18.3 Å². The number of amides is 2. The molecule has 5 rings (SSSR count). The summed E-state index contributed by atoms with van der Waals surface area (Å²) in [5.74, 6) is 0.843. The molecule has 0 saturated carbocycles. The van der Waals surface area contributed by atoms with Crippen LogP contribution in [0.25, 0.3) is 17.1 Å². The number of alkyl halides is 5. The number of carbonyl (C=O) groups excluding carboxylic acids is 1. The van der Waals surface area contributed by atoms with Gasteiger partial charge in [-0.1, -0.05) is 68.1 Å². The van der Waals surface area contributed by atoms with Gasteiger partial charge in [-0.05, 0) is 60.7 Å². The van der Waals surface area contributed by atoms with E-state index in [4.69, 9.17) is 0 Å². The minimum Gasteiger partial charge on any atom is -0.406 e. The molecule has 2 heterocycles. The van der Waals surface area contributed by atoms with E-state index < -0.39 is 24.9 Å². The van der Waals surface area contributed by atoms with E-state index in [0.717, 1.165) is 35.6 Å². The zero-order valence-electron chi connectivity index (χ0n) is 25.1. The highest BCUT2D eigenvalue weighted by molar-refractivity contribution is 8.14. The first-order valence-corrected chi connectivity index (χ1v) is 15.4. The van der Waals surface area contributed by atoms with Gasteiger partial charge in [0, 0.05) is 23.0 Å². The Labute approximate surface area is 266 Å². The molecule has 1 N–H and O–H groups in total. The Morgan fingerprint density at radius 3 is 2.41 bits per heavy atom. The minimum absolute atomic E-state index is 0.0166. The zero-order chi connectivity index (χ0) is 33.0. The van der Waals surface area contributed by atoms with Crippen molar-refractivity contribution in [1.29, 1.82) is 0 Å². The van der Waals surface area contributed by atoms with Crippen LogP contribution < -0.4 is 15.0 Å². The summed E-state index contributed by atoms with van der Waals surface area (Å²) in [5, 5.41) is 6.76. The Morgan fingerprint density at radius 2 is 1.74 bits per heavy atom. The smallest absolute Gasteiger partial charge is 0.406 e. The summed E-state index contributed by atoms with van der Waals surface area (Å²) in [6, 6.07) is 17.7. The molecule has 1 aliphatic heterocycles. The van der Waals surface area contributed by atoms with Gasteiger partial charge in [0.2, 0.25) is 6.30 Å². The number of amidine groups is 1. The average Bonchev–Trinajstić information content (AvgIpc) is 3.51. The van der Waals surface area contributed by atoms with Crippen molar-refractivity contribution in [2.24, 2.45) is 4.99 Å². The van der Waals surface area contributed by atoms with E-state index in [1.807, 2.05) is 41.4 Å². The molecule has 0 radical (unpaired) electrons. The van der Waals surface area contributed by atoms with Gasteiger partial charge in [-0.25, -0.2) is 23.2 Å². The van der Waals surface area contributed by atoms with E-state index in [1.54, 1.807) is 0 Å². The van der Waals surface area contributed by atoms with E-state index in [-0.39, 0.29) is 29.1 Å². The lowest BCUT2D eigenvalue weighted by Crippen LogP contribution is -2.43. The van der Waals surface area contributed by atoms with Crippen LogP contribution in [0.2, 0.25) is 0 Å². The molecular formula is C32H31F5N6O2S. The number of halogens is 5. The first-order chi connectivity index (χ1) is 21.9. The predicted octanol–water partition coefficient (Wildman–Crippen LogP) is 8.36. The summed E-state index contributed by atoms with van der Waals surface area (Å²) in [6.07, 6.45) is -7.09. The van der Waals surface area contributed by atoms with Gasteiger partial charge in [0.15, 0.2) is 17.2 Å². The maximum absolute atomic E-state index is 15.1. The third kappa shape index (κ3) is 7.84. The van der Waals surface area contributed by atoms with Crippen LogP contribution in [0.3, 0.4) is 0 Å². The molecule has 3 aromatic carbocycles.